The third-order valence-electron chi connectivity index (χ3n) is 3.75. The summed E-state index contributed by atoms with van der Waals surface area (Å²) in [7, 11) is 0. The summed E-state index contributed by atoms with van der Waals surface area (Å²) in [6.07, 6.45) is 8.85. The summed E-state index contributed by atoms with van der Waals surface area (Å²) in [6, 6.07) is 7.73. The van der Waals surface area contributed by atoms with Gasteiger partial charge in [-0.05, 0) is 50.5 Å². The number of rotatable bonds is 5. The van der Waals surface area contributed by atoms with E-state index in [0.29, 0.717) is 12.0 Å². The van der Waals surface area contributed by atoms with Crippen molar-refractivity contribution in [1.29, 1.82) is 0 Å². The maximum atomic E-state index is 11.2. The van der Waals surface area contributed by atoms with Gasteiger partial charge in [-0.25, -0.2) is 9.48 Å². The van der Waals surface area contributed by atoms with Crippen molar-refractivity contribution in [2.45, 2.75) is 32.8 Å². The first kappa shape index (κ1) is 16.1. The number of aromatic nitrogens is 2. The van der Waals surface area contributed by atoms with E-state index in [9.17, 15) is 4.79 Å². The Morgan fingerprint density at radius 1 is 1.38 bits per heavy atom. The van der Waals surface area contributed by atoms with Crippen molar-refractivity contribution in [3.8, 4) is 11.4 Å². The first-order chi connectivity index (χ1) is 11.5. The molecule has 5 heteroatoms. The quantitative estimate of drug-likeness (QED) is 0.907. The molecule has 5 nitrogen and oxygen atoms in total. The van der Waals surface area contributed by atoms with Gasteiger partial charge in [0.15, 0.2) is 0 Å². The van der Waals surface area contributed by atoms with Gasteiger partial charge in [0.25, 0.3) is 0 Å². The average molecular weight is 324 g/mol. The SMILES string of the molecule is CC(C)Oc1cccc(-n2cc(C3=CCCC(C(=O)O)=C3)cn2)c1. The lowest BCUT2D eigenvalue weighted by Gasteiger charge is -2.11. The van der Waals surface area contributed by atoms with E-state index in [2.05, 4.69) is 5.10 Å². The van der Waals surface area contributed by atoms with E-state index in [4.69, 9.17) is 9.84 Å². The van der Waals surface area contributed by atoms with Crippen LogP contribution >= 0.6 is 0 Å². The van der Waals surface area contributed by atoms with E-state index >= 15 is 0 Å². The Labute approximate surface area is 140 Å². The molecule has 0 unspecified atom stereocenters. The molecule has 0 spiro atoms. The van der Waals surface area contributed by atoms with Crippen LogP contribution in [-0.2, 0) is 4.79 Å². The zero-order valence-electron chi connectivity index (χ0n) is 13.8. The Kier molecular flexibility index (Phi) is 4.51. The third-order valence-corrected chi connectivity index (χ3v) is 3.75. The molecule has 3 rings (SSSR count). The average Bonchev–Trinajstić information content (AvgIpc) is 3.04. The minimum atomic E-state index is -0.855. The van der Waals surface area contributed by atoms with Crippen LogP contribution < -0.4 is 4.74 Å². The predicted octanol–water partition coefficient (Wildman–Crippen LogP) is 3.85. The van der Waals surface area contributed by atoms with Crippen LogP contribution in [0.5, 0.6) is 5.75 Å². The van der Waals surface area contributed by atoms with E-state index in [1.54, 1.807) is 17.0 Å². The molecule has 0 saturated heterocycles. The van der Waals surface area contributed by atoms with Crippen LogP contribution in [0, 0.1) is 0 Å². The van der Waals surface area contributed by atoms with Gasteiger partial charge in [-0.3, -0.25) is 0 Å². The summed E-state index contributed by atoms with van der Waals surface area (Å²) in [6.45, 7) is 3.97. The summed E-state index contributed by atoms with van der Waals surface area (Å²) in [5.41, 5.74) is 3.15. The molecule has 24 heavy (non-hydrogen) atoms. The van der Waals surface area contributed by atoms with Gasteiger partial charge < -0.3 is 9.84 Å². The molecule has 124 valence electrons. The van der Waals surface area contributed by atoms with Gasteiger partial charge in [0.1, 0.15) is 5.75 Å². The fourth-order valence-electron chi connectivity index (χ4n) is 2.66. The van der Waals surface area contributed by atoms with Gasteiger partial charge in [-0.15, -0.1) is 0 Å². The lowest BCUT2D eigenvalue weighted by molar-refractivity contribution is -0.132. The Morgan fingerprint density at radius 2 is 2.21 bits per heavy atom. The first-order valence-corrected chi connectivity index (χ1v) is 7.99. The maximum absolute atomic E-state index is 11.2. The summed E-state index contributed by atoms with van der Waals surface area (Å²) < 4.78 is 7.48. The predicted molar refractivity (Wildman–Crippen MR) is 92.3 cm³/mol. The van der Waals surface area contributed by atoms with E-state index in [1.807, 2.05) is 50.4 Å². The molecule has 2 aromatic rings. The fourth-order valence-corrected chi connectivity index (χ4v) is 2.66. The highest BCUT2D eigenvalue weighted by molar-refractivity contribution is 5.92. The van der Waals surface area contributed by atoms with E-state index in [1.165, 1.54) is 0 Å². The minimum absolute atomic E-state index is 0.111. The second kappa shape index (κ2) is 6.74. The molecule has 1 aromatic heterocycles. The maximum Gasteiger partial charge on any atom is 0.331 e. The number of hydrogen-bond donors (Lipinski definition) is 1. The topological polar surface area (TPSA) is 64.3 Å². The van der Waals surface area contributed by atoms with Crippen LogP contribution in [-0.4, -0.2) is 27.0 Å². The fraction of sp³-hybridized carbons (Fsp3) is 0.263. The highest BCUT2D eigenvalue weighted by atomic mass is 16.5. The summed E-state index contributed by atoms with van der Waals surface area (Å²) >= 11 is 0. The van der Waals surface area contributed by atoms with Gasteiger partial charge in [-0.2, -0.15) is 5.10 Å². The van der Waals surface area contributed by atoms with Crippen LogP contribution in [0.3, 0.4) is 0 Å². The number of carboxylic acids is 1. The molecule has 1 aliphatic carbocycles. The van der Waals surface area contributed by atoms with Crippen LogP contribution in [0.25, 0.3) is 11.3 Å². The molecule has 0 atom stereocenters. The number of carboxylic acid groups (broad SMARTS) is 1. The van der Waals surface area contributed by atoms with Crippen molar-refractivity contribution < 1.29 is 14.6 Å². The largest absolute Gasteiger partial charge is 0.491 e. The Morgan fingerprint density at radius 3 is 2.96 bits per heavy atom. The van der Waals surface area contributed by atoms with Crippen molar-refractivity contribution >= 4 is 11.5 Å². The molecule has 0 saturated carbocycles. The molecule has 1 aromatic carbocycles. The molecule has 1 aliphatic rings. The Bertz CT molecular complexity index is 816. The van der Waals surface area contributed by atoms with Crippen molar-refractivity contribution in [2.24, 2.45) is 0 Å². The monoisotopic (exact) mass is 324 g/mol. The summed E-state index contributed by atoms with van der Waals surface area (Å²) in [5, 5.41) is 13.6. The zero-order chi connectivity index (χ0) is 17.1. The molecule has 0 amide bonds. The van der Waals surface area contributed by atoms with Crippen LogP contribution in [0.4, 0.5) is 0 Å². The number of hydrogen-bond acceptors (Lipinski definition) is 3. The molecule has 0 fully saturated rings. The van der Waals surface area contributed by atoms with Gasteiger partial charge >= 0.3 is 5.97 Å². The lowest BCUT2D eigenvalue weighted by Crippen LogP contribution is -2.06. The van der Waals surface area contributed by atoms with Gasteiger partial charge in [0.05, 0.1) is 18.0 Å². The standard InChI is InChI=1S/C19H20N2O3/c1-13(2)24-18-8-4-7-17(10-18)21-12-16(11-20-21)14-5-3-6-15(9-14)19(22)23/h4-5,7-13H,3,6H2,1-2H3,(H,22,23). The first-order valence-electron chi connectivity index (χ1n) is 7.99. The lowest BCUT2D eigenvalue weighted by atomic mass is 9.96. The minimum Gasteiger partial charge on any atom is -0.491 e. The molecule has 0 radical (unpaired) electrons. The molecule has 0 aliphatic heterocycles. The highest BCUT2D eigenvalue weighted by Crippen LogP contribution is 2.26. The smallest absolute Gasteiger partial charge is 0.331 e. The van der Waals surface area contributed by atoms with Crippen LogP contribution in [0.2, 0.25) is 0 Å². The number of carbonyl (C=O) groups is 1. The van der Waals surface area contributed by atoms with Crippen molar-refractivity contribution in [1.82, 2.24) is 9.78 Å². The molecule has 0 bridgehead atoms. The number of ether oxygens (including phenoxy) is 1. The van der Waals surface area contributed by atoms with Gasteiger partial charge in [0, 0.05) is 23.4 Å². The van der Waals surface area contributed by atoms with Crippen molar-refractivity contribution in [3.05, 3.63) is 59.9 Å². The van der Waals surface area contributed by atoms with Gasteiger partial charge in [0.2, 0.25) is 0 Å². The number of allylic oxidation sites excluding steroid dienone is 3. The normalized spacial score (nSPS) is 14.3. The number of nitrogens with zero attached hydrogens (tertiary/aromatic N) is 2. The van der Waals surface area contributed by atoms with E-state index in [0.717, 1.165) is 29.0 Å². The summed E-state index contributed by atoms with van der Waals surface area (Å²) in [4.78, 5) is 11.2. The third kappa shape index (κ3) is 3.56. The van der Waals surface area contributed by atoms with Crippen molar-refractivity contribution in [2.75, 3.05) is 0 Å². The highest BCUT2D eigenvalue weighted by Gasteiger charge is 2.14. The van der Waals surface area contributed by atoms with E-state index < -0.39 is 5.97 Å². The molecular weight excluding hydrogens is 304 g/mol. The van der Waals surface area contributed by atoms with Gasteiger partial charge in [-0.1, -0.05) is 12.1 Å². The Hall–Kier alpha value is -2.82. The van der Waals surface area contributed by atoms with E-state index in [-0.39, 0.29) is 6.10 Å². The van der Waals surface area contributed by atoms with Crippen LogP contribution in [0.1, 0.15) is 32.3 Å². The second-order valence-corrected chi connectivity index (χ2v) is 6.01. The zero-order valence-corrected chi connectivity index (χ0v) is 13.8. The second-order valence-electron chi connectivity index (χ2n) is 6.01. The van der Waals surface area contributed by atoms with Crippen LogP contribution in [0.15, 0.2) is 54.4 Å². The number of aliphatic carboxylic acids is 1. The summed E-state index contributed by atoms with van der Waals surface area (Å²) in [5.74, 6) is -0.0592. The Balaban J connectivity index is 1.86. The molecule has 1 N–H and O–H groups in total. The molecular formula is C19H20N2O3. The number of benzene rings is 1. The molecule has 1 heterocycles. The van der Waals surface area contributed by atoms with Crippen molar-refractivity contribution in [3.63, 3.8) is 0 Å².